The minimum Gasteiger partial charge on any atom is -0.508 e. The van der Waals surface area contributed by atoms with Crippen LogP contribution in [0, 0.1) is 11.7 Å². The van der Waals surface area contributed by atoms with Gasteiger partial charge in [0.15, 0.2) is 0 Å². The van der Waals surface area contributed by atoms with Crippen LogP contribution in [-0.2, 0) is 6.54 Å². The van der Waals surface area contributed by atoms with Gasteiger partial charge >= 0.3 is 0 Å². The van der Waals surface area contributed by atoms with Crippen molar-refractivity contribution in [2.75, 3.05) is 13.2 Å². The Bertz CT molecular complexity index is 317. The number of rotatable bonds is 5. The van der Waals surface area contributed by atoms with Crippen molar-refractivity contribution in [1.82, 2.24) is 5.32 Å². The minimum atomic E-state index is -0.361. The second kappa shape index (κ2) is 5.68. The lowest BCUT2D eigenvalue weighted by molar-refractivity contribution is 0.233. The molecule has 1 atom stereocenters. The number of hydrogen-bond donors (Lipinski definition) is 3. The van der Waals surface area contributed by atoms with Crippen LogP contribution in [-0.4, -0.2) is 23.4 Å². The van der Waals surface area contributed by atoms with Crippen molar-refractivity contribution >= 4 is 0 Å². The molecular formula is C11H16FNO2. The van der Waals surface area contributed by atoms with Crippen molar-refractivity contribution in [3.05, 3.63) is 29.6 Å². The maximum Gasteiger partial charge on any atom is 0.123 e. The van der Waals surface area contributed by atoms with Crippen LogP contribution in [0.2, 0.25) is 0 Å². The lowest BCUT2D eigenvalue weighted by Gasteiger charge is -2.10. The molecule has 3 N–H and O–H groups in total. The standard InChI is InChI=1S/C11H16FNO2/c1-8(7-14)5-13-6-9-4-10(12)2-3-11(9)15/h2-4,8,13-15H,5-7H2,1H3. The summed E-state index contributed by atoms with van der Waals surface area (Å²) in [5.74, 6) is -0.124. The van der Waals surface area contributed by atoms with Crippen LogP contribution >= 0.6 is 0 Å². The van der Waals surface area contributed by atoms with Gasteiger partial charge in [-0.3, -0.25) is 0 Å². The average Bonchev–Trinajstić information content (AvgIpc) is 2.23. The Balaban J connectivity index is 2.46. The molecule has 1 unspecified atom stereocenters. The highest BCUT2D eigenvalue weighted by atomic mass is 19.1. The number of aliphatic hydroxyl groups excluding tert-OH is 1. The van der Waals surface area contributed by atoms with Crippen molar-refractivity contribution in [2.45, 2.75) is 13.5 Å². The number of aliphatic hydroxyl groups is 1. The van der Waals surface area contributed by atoms with Gasteiger partial charge in [-0.25, -0.2) is 4.39 Å². The molecule has 0 saturated carbocycles. The molecule has 3 nitrogen and oxygen atoms in total. The topological polar surface area (TPSA) is 52.5 Å². The first-order chi connectivity index (χ1) is 7.13. The van der Waals surface area contributed by atoms with E-state index >= 15 is 0 Å². The highest BCUT2D eigenvalue weighted by Gasteiger charge is 2.04. The lowest BCUT2D eigenvalue weighted by Crippen LogP contribution is -2.22. The summed E-state index contributed by atoms with van der Waals surface area (Å²) in [7, 11) is 0. The van der Waals surface area contributed by atoms with Gasteiger partial charge in [0, 0.05) is 25.3 Å². The molecule has 1 aromatic rings. The van der Waals surface area contributed by atoms with E-state index in [-0.39, 0.29) is 24.1 Å². The second-order valence-electron chi connectivity index (χ2n) is 3.69. The smallest absolute Gasteiger partial charge is 0.123 e. The monoisotopic (exact) mass is 213 g/mol. The van der Waals surface area contributed by atoms with Crippen LogP contribution in [0.3, 0.4) is 0 Å². The van der Waals surface area contributed by atoms with Gasteiger partial charge in [-0.2, -0.15) is 0 Å². The highest BCUT2D eigenvalue weighted by Crippen LogP contribution is 2.17. The fourth-order valence-electron chi connectivity index (χ4n) is 1.21. The summed E-state index contributed by atoms with van der Waals surface area (Å²) in [4.78, 5) is 0. The van der Waals surface area contributed by atoms with E-state index in [9.17, 15) is 9.50 Å². The Hall–Kier alpha value is -1.13. The van der Waals surface area contributed by atoms with Gasteiger partial charge in [0.05, 0.1) is 0 Å². The number of phenolic OH excluding ortho intramolecular Hbond substituents is 1. The molecule has 0 heterocycles. The third-order valence-corrected chi connectivity index (χ3v) is 2.16. The van der Waals surface area contributed by atoms with Crippen LogP contribution in [0.5, 0.6) is 5.75 Å². The third-order valence-electron chi connectivity index (χ3n) is 2.16. The minimum absolute atomic E-state index is 0.0838. The molecule has 0 fully saturated rings. The molecule has 0 aliphatic rings. The summed E-state index contributed by atoms with van der Waals surface area (Å²) in [6, 6.07) is 3.85. The zero-order chi connectivity index (χ0) is 11.3. The maximum absolute atomic E-state index is 12.8. The average molecular weight is 213 g/mol. The van der Waals surface area contributed by atoms with Gasteiger partial charge < -0.3 is 15.5 Å². The second-order valence-corrected chi connectivity index (χ2v) is 3.69. The highest BCUT2D eigenvalue weighted by molar-refractivity contribution is 5.32. The summed E-state index contributed by atoms with van der Waals surface area (Å²) in [6.45, 7) is 3.04. The van der Waals surface area contributed by atoms with Gasteiger partial charge in [0.2, 0.25) is 0 Å². The largest absolute Gasteiger partial charge is 0.508 e. The Kier molecular flexibility index (Phi) is 4.52. The Morgan fingerprint density at radius 3 is 2.87 bits per heavy atom. The van der Waals surface area contributed by atoms with Gasteiger partial charge in [-0.1, -0.05) is 6.92 Å². The third kappa shape index (κ3) is 3.85. The van der Waals surface area contributed by atoms with Crippen LogP contribution in [0.4, 0.5) is 4.39 Å². The molecule has 0 spiro atoms. The van der Waals surface area contributed by atoms with Crippen LogP contribution in [0.1, 0.15) is 12.5 Å². The zero-order valence-electron chi connectivity index (χ0n) is 8.70. The fraction of sp³-hybridized carbons (Fsp3) is 0.455. The maximum atomic E-state index is 12.8. The molecule has 0 aliphatic heterocycles. The van der Waals surface area contributed by atoms with Crippen molar-refractivity contribution in [2.24, 2.45) is 5.92 Å². The molecule has 0 bridgehead atoms. The molecule has 4 heteroatoms. The van der Waals surface area contributed by atoms with Crippen molar-refractivity contribution < 1.29 is 14.6 Å². The van der Waals surface area contributed by atoms with Gasteiger partial charge in [0.1, 0.15) is 11.6 Å². The van der Waals surface area contributed by atoms with E-state index in [2.05, 4.69) is 5.32 Å². The zero-order valence-corrected chi connectivity index (χ0v) is 8.70. The van der Waals surface area contributed by atoms with Crippen LogP contribution in [0.25, 0.3) is 0 Å². The lowest BCUT2D eigenvalue weighted by atomic mass is 10.1. The first-order valence-corrected chi connectivity index (χ1v) is 4.92. The summed E-state index contributed by atoms with van der Waals surface area (Å²) >= 11 is 0. The van der Waals surface area contributed by atoms with Gasteiger partial charge in [0.25, 0.3) is 0 Å². The van der Waals surface area contributed by atoms with Crippen LogP contribution < -0.4 is 5.32 Å². The number of hydrogen-bond acceptors (Lipinski definition) is 3. The number of nitrogens with one attached hydrogen (secondary N) is 1. The number of halogens is 1. The predicted molar refractivity (Wildman–Crippen MR) is 56.0 cm³/mol. The summed E-state index contributed by atoms with van der Waals surface area (Å²) in [6.07, 6.45) is 0. The fourth-order valence-corrected chi connectivity index (χ4v) is 1.21. The normalized spacial score (nSPS) is 12.7. The van der Waals surface area contributed by atoms with E-state index in [0.29, 0.717) is 18.7 Å². The SMILES string of the molecule is CC(CO)CNCc1cc(F)ccc1O. The molecule has 15 heavy (non-hydrogen) atoms. The molecule has 0 radical (unpaired) electrons. The molecular weight excluding hydrogens is 197 g/mol. The van der Waals surface area contributed by atoms with E-state index < -0.39 is 0 Å². The molecule has 1 aromatic carbocycles. The summed E-state index contributed by atoms with van der Waals surface area (Å²) in [5.41, 5.74) is 0.528. The first kappa shape index (κ1) is 11.9. The van der Waals surface area contributed by atoms with Gasteiger partial charge in [-0.05, 0) is 24.1 Å². The number of benzene rings is 1. The van der Waals surface area contributed by atoms with E-state index in [1.165, 1.54) is 18.2 Å². The number of aromatic hydroxyl groups is 1. The Morgan fingerprint density at radius 2 is 2.20 bits per heavy atom. The molecule has 0 amide bonds. The first-order valence-electron chi connectivity index (χ1n) is 4.92. The van der Waals surface area contributed by atoms with E-state index in [1.54, 1.807) is 0 Å². The van der Waals surface area contributed by atoms with E-state index in [4.69, 9.17) is 5.11 Å². The molecule has 1 rings (SSSR count). The predicted octanol–water partition coefficient (Wildman–Crippen LogP) is 1.25. The number of phenols is 1. The van der Waals surface area contributed by atoms with Gasteiger partial charge in [-0.15, -0.1) is 0 Å². The van der Waals surface area contributed by atoms with E-state index in [1.807, 2.05) is 6.92 Å². The molecule has 0 aromatic heterocycles. The quantitative estimate of drug-likeness (QED) is 0.690. The van der Waals surface area contributed by atoms with Crippen molar-refractivity contribution in [1.29, 1.82) is 0 Å². The Morgan fingerprint density at radius 1 is 1.47 bits per heavy atom. The van der Waals surface area contributed by atoms with Crippen molar-refractivity contribution in [3.63, 3.8) is 0 Å². The van der Waals surface area contributed by atoms with Crippen LogP contribution in [0.15, 0.2) is 18.2 Å². The van der Waals surface area contributed by atoms with E-state index in [0.717, 1.165) is 0 Å². The molecule has 0 aliphatic carbocycles. The summed E-state index contributed by atoms with van der Waals surface area (Å²) in [5, 5.41) is 21.2. The molecule has 84 valence electrons. The Labute approximate surface area is 88.6 Å². The summed E-state index contributed by atoms with van der Waals surface area (Å²) < 4.78 is 12.8. The molecule has 0 saturated heterocycles. The van der Waals surface area contributed by atoms with Crippen molar-refractivity contribution in [3.8, 4) is 5.75 Å².